The van der Waals surface area contributed by atoms with Gasteiger partial charge in [-0.3, -0.25) is 24.6 Å². The molecule has 3 N–H and O–H groups in total. The van der Waals surface area contributed by atoms with Crippen LogP contribution < -0.4 is 15.5 Å². The molecule has 3 aromatic rings. The second-order valence-electron chi connectivity index (χ2n) is 12.8. The minimum atomic E-state index is -0.587. The van der Waals surface area contributed by atoms with Crippen molar-refractivity contribution < 1.29 is 19.5 Å². The Bertz CT molecular complexity index is 1610. The zero-order chi connectivity index (χ0) is 31.8. The molecule has 0 saturated carbocycles. The van der Waals surface area contributed by atoms with E-state index in [1.165, 1.54) is 11.1 Å². The molecule has 5 heterocycles. The molecule has 3 atom stereocenters. The first-order valence-electron chi connectivity index (χ1n) is 16.1. The van der Waals surface area contributed by atoms with E-state index in [1.54, 1.807) is 17.3 Å². The summed E-state index contributed by atoms with van der Waals surface area (Å²) in [6.45, 7) is 4.65. The first kappa shape index (κ1) is 30.6. The Morgan fingerprint density at radius 2 is 1.72 bits per heavy atom. The third kappa shape index (κ3) is 6.44. The Morgan fingerprint density at radius 3 is 2.43 bits per heavy atom. The van der Waals surface area contributed by atoms with Crippen LogP contribution in [0.4, 0.5) is 11.6 Å². The van der Waals surface area contributed by atoms with Crippen LogP contribution in [0.25, 0.3) is 0 Å². The fourth-order valence-corrected chi connectivity index (χ4v) is 7.33. The van der Waals surface area contributed by atoms with Crippen molar-refractivity contribution in [3.05, 3.63) is 82.1 Å². The summed E-state index contributed by atoms with van der Waals surface area (Å²) in [5.41, 5.74) is 5.26. The van der Waals surface area contributed by atoms with Crippen LogP contribution >= 0.6 is 11.6 Å². The fraction of sp³-hybridized carbons (Fsp3) is 0.441. The summed E-state index contributed by atoms with van der Waals surface area (Å²) in [6, 6.07) is 14.1. The van der Waals surface area contributed by atoms with E-state index in [4.69, 9.17) is 11.6 Å². The minimum absolute atomic E-state index is 0.119. The maximum Gasteiger partial charge on any atom is 0.255 e. The minimum Gasteiger partial charge on any atom is -0.389 e. The second-order valence-corrected chi connectivity index (χ2v) is 13.2. The van der Waals surface area contributed by atoms with Crippen molar-refractivity contribution in [2.45, 2.75) is 69.3 Å². The van der Waals surface area contributed by atoms with Crippen molar-refractivity contribution in [3.63, 3.8) is 0 Å². The number of hydrogen-bond acceptors (Lipinski definition) is 9. The molecule has 240 valence electrons. The van der Waals surface area contributed by atoms with Gasteiger partial charge in [-0.25, -0.2) is 9.97 Å². The van der Waals surface area contributed by atoms with Crippen molar-refractivity contribution >= 4 is 41.0 Å². The Kier molecular flexibility index (Phi) is 8.63. The lowest BCUT2D eigenvalue weighted by atomic mass is 9.87. The van der Waals surface area contributed by atoms with Gasteiger partial charge < -0.3 is 20.2 Å². The Morgan fingerprint density at radius 1 is 0.957 bits per heavy atom. The number of carbonyl (C=O) groups excluding carboxylic acids is 3. The predicted octanol–water partition coefficient (Wildman–Crippen LogP) is 3.32. The summed E-state index contributed by atoms with van der Waals surface area (Å²) < 4.78 is 0. The zero-order valence-electron chi connectivity index (χ0n) is 25.6. The number of carbonyl (C=O) groups is 3. The third-order valence-electron chi connectivity index (χ3n) is 9.83. The number of aromatic nitrogens is 2. The number of likely N-dealkylation sites (tertiary alicyclic amines) is 1. The topological polar surface area (TPSA) is 131 Å². The van der Waals surface area contributed by atoms with Gasteiger partial charge in [0.25, 0.3) is 5.91 Å². The van der Waals surface area contributed by atoms with Gasteiger partial charge in [0.05, 0.1) is 29.6 Å². The quantitative estimate of drug-likeness (QED) is 0.332. The first-order chi connectivity index (χ1) is 22.3. The Labute approximate surface area is 272 Å². The molecule has 0 spiro atoms. The van der Waals surface area contributed by atoms with Crippen LogP contribution in [0.3, 0.4) is 0 Å². The number of benzene rings is 2. The molecule has 4 aliphatic heterocycles. The molecule has 3 saturated heterocycles. The van der Waals surface area contributed by atoms with Crippen molar-refractivity contribution in [2.24, 2.45) is 0 Å². The standard InChI is InChI=1S/C34H38ClN7O4/c35-25-16-36-34(37-17-25)38-28-11-14-41(20-30(28)43)26-4-1-21(2-5-26)18-40-12-9-22(10-13-40)23-3-6-27-24(15-23)19-42(33(27)46)29-7-8-31(44)39-32(29)45/h1-6,15-17,22,28-30,43H,7-14,18-20H2,(H,36,37,38)(H,39,44,45)/t28-,29?,30+/m1/s1. The predicted molar refractivity (Wildman–Crippen MR) is 173 cm³/mol. The van der Waals surface area contributed by atoms with Crippen LogP contribution in [-0.2, 0) is 22.7 Å². The third-order valence-corrected chi connectivity index (χ3v) is 10.0. The van der Waals surface area contributed by atoms with E-state index in [0.29, 0.717) is 42.0 Å². The smallest absolute Gasteiger partial charge is 0.255 e. The molecule has 2 aromatic carbocycles. The number of piperidine rings is 3. The Hall–Kier alpha value is -4.06. The number of imide groups is 1. The fourth-order valence-electron chi connectivity index (χ4n) is 7.23. The number of hydrogen-bond donors (Lipinski definition) is 3. The van der Waals surface area contributed by atoms with Crippen molar-refractivity contribution in [3.8, 4) is 0 Å². The highest BCUT2D eigenvalue weighted by molar-refractivity contribution is 6.30. The number of aliphatic hydroxyl groups excluding tert-OH is 1. The van der Waals surface area contributed by atoms with Gasteiger partial charge in [-0.15, -0.1) is 0 Å². The summed E-state index contributed by atoms with van der Waals surface area (Å²) in [5, 5.41) is 16.9. The van der Waals surface area contributed by atoms with Crippen LogP contribution in [0, 0.1) is 0 Å². The molecular weight excluding hydrogens is 606 g/mol. The Balaban J connectivity index is 0.892. The van der Waals surface area contributed by atoms with Crippen LogP contribution in [0.15, 0.2) is 54.9 Å². The SMILES string of the molecule is O=C1CCC(N2Cc3cc(C4CCN(Cc5ccc(N6CC[C@@H](Nc7ncc(Cl)cn7)[C@@H](O)C6)cc5)CC4)ccc3C2=O)C(=O)N1. The monoisotopic (exact) mass is 643 g/mol. The lowest BCUT2D eigenvalue weighted by Crippen LogP contribution is -2.52. The van der Waals surface area contributed by atoms with Gasteiger partial charge >= 0.3 is 0 Å². The number of halogens is 1. The van der Waals surface area contributed by atoms with E-state index < -0.39 is 12.1 Å². The largest absolute Gasteiger partial charge is 0.389 e. The van der Waals surface area contributed by atoms with Crippen molar-refractivity contribution in [1.29, 1.82) is 0 Å². The van der Waals surface area contributed by atoms with Gasteiger partial charge in [-0.2, -0.15) is 0 Å². The number of anilines is 2. The number of nitrogens with zero attached hydrogens (tertiary/aromatic N) is 5. The normalized spacial score (nSPS) is 24.2. The first-order valence-corrected chi connectivity index (χ1v) is 16.4. The molecule has 0 bridgehead atoms. The maximum atomic E-state index is 13.1. The van der Waals surface area contributed by atoms with Crippen LogP contribution in [0.1, 0.15) is 65.1 Å². The van der Waals surface area contributed by atoms with E-state index in [9.17, 15) is 19.5 Å². The molecule has 3 amide bonds. The van der Waals surface area contributed by atoms with Gasteiger partial charge in [-0.1, -0.05) is 35.9 Å². The summed E-state index contributed by atoms with van der Waals surface area (Å²) in [5.74, 6) is 0.122. The lowest BCUT2D eigenvalue weighted by Gasteiger charge is -2.37. The number of nitrogens with one attached hydrogen (secondary N) is 2. The van der Waals surface area contributed by atoms with Crippen LogP contribution in [-0.4, -0.2) is 87.0 Å². The summed E-state index contributed by atoms with van der Waals surface area (Å²) >= 11 is 5.88. The van der Waals surface area contributed by atoms with E-state index >= 15 is 0 Å². The maximum absolute atomic E-state index is 13.1. The number of amides is 3. The lowest BCUT2D eigenvalue weighted by molar-refractivity contribution is -0.136. The average Bonchev–Trinajstić information content (AvgIpc) is 3.39. The molecule has 3 fully saturated rings. The van der Waals surface area contributed by atoms with Crippen molar-refractivity contribution in [2.75, 3.05) is 36.4 Å². The summed E-state index contributed by atoms with van der Waals surface area (Å²) in [4.78, 5) is 51.7. The van der Waals surface area contributed by atoms with E-state index in [-0.39, 0.29) is 30.2 Å². The van der Waals surface area contributed by atoms with Crippen molar-refractivity contribution in [1.82, 2.24) is 25.1 Å². The second kappa shape index (κ2) is 13.0. The van der Waals surface area contributed by atoms with E-state index in [1.807, 2.05) is 6.07 Å². The molecule has 12 heteroatoms. The average molecular weight is 644 g/mol. The molecule has 1 unspecified atom stereocenters. The summed E-state index contributed by atoms with van der Waals surface area (Å²) in [6.07, 6.45) is 6.03. The summed E-state index contributed by atoms with van der Waals surface area (Å²) in [7, 11) is 0. The molecule has 0 aliphatic carbocycles. The van der Waals surface area contributed by atoms with Gasteiger partial charge in [0, 0.05) is 43.9 Å². The van der Waals surface area contributed by atoms with Gasteiger partial charge in [0.1, 0.15) is 6.04 Å². The molecular formula is C34H38ClN7O4. The molecule has 4 aliphatic rings. The van der Waals surface area contributed by atoms with Gasteiger partial charge in [-0.05, 0) is 79.6 Å². The number of β-amino-alcohol motifs (C(OH)–C–C–N with tert-alkyl or cyclic N) is 1. The molecule has 46 heavy (non-hydrogen) atoms. The molecule has 11 nitrogen and oxygen atoms in total. The van der Waals surface area contributed by atoms with E-state index in [0.717, 1.165) is 56.7 Å². The van der Waals surface area contributed by atoms with Crippen LogP contribution in [0.2, 0.25) is 5.02 Å². The molecule has 7 rings (SSSR count). The highest BCUT2D eigenvalue weighted by Crippen LogP contribution is 2.34. The highest BCUT2D eigenvalue weighted by Gasteiger charge is 2.39. The zero-order valence-corrected chi connectivity index (χ0v) is 26.3. The van der Waals surface area contributed by atoms with Crippen LogP contribution in [0.5, 0.6) is 0 Å². The molecule has 1 aromatic heterocycles. The van der Waals surface area contributed by atoms with E-state index in [2.05, 4.69) is 66.8 Å². The number of rotatable bonds is 7. The van der Waals surface area contributed by atoms with Gasteiger partial charge in [0.15, 0.2) is 0 Å². The molecule has 0 radical (unpaired) electrons. The number of aliphatic hydroxyl groups is 1. The highest BCUT2D eigenvalue weighted by atomic mass is 35.5. The van der Waals surface area contributed by atoms with Gasteiger partial charge in [0.2, 0.25) is 17.8 Å². The number of fused-ring (bicyclic) bond motifs is 1.